The quantitative estimate of drug-likeness (QED) is 0.684. The minimum Gasteiger partial charge on any atom is -0.497 e. The van der Waals surface area contributed by atoms with E-state index in [9.17, 15) is 4.79 Å². The molecule has 6 heteroatoms. The van der Waals surface area contributed by atoms with Crippen LogP contribution >= 0.6 is 0 Å². The maximum Gasteiger partial charge on any atom is 0.348 e. The summed E-state index contributed by atoms with van der Waals surface area (Å²) in [5, 5.41) is 4.08. The Morgan fingerprint density at radius 1 is 1.35 bits per heavy atom. The molecule has 0 aliphatic heterocycles. The van der Waals surface area contributed by atoms with E-state index >= 15 is 0 Å². The molecule has 1 aromatic heterocycles. The molecular formula is C14H17N3O3. The molecule has 20 heavy (non-hydrogen) atoms. The molecule has 0 bridgehead atoms. The van der Waals surface area contributed by atoms with Crippen molar-refractivity contribution < 1.29 is 14.3 Å². The van der Waals surface area contributed by atoms with Gasteiger partial charge < -0.3 is 15.2 Å². The third-order valence-electron chi connectivity index (χ3n) is 2.79. The number of esters is 1. The molecule has 0 aliphatic rings. The maximum atomic E-state index is 12.1. The predicted molar refractivity (Wildman–Crippen MR) is 75.0 cm³/mol. The van der Waals surface area contributed by atoms with Gasteiger partial charge in [0, 0.05) is 12.1 Å². The van der Waals surface area contributed by atoms with Crippen LogP contribution in [0.2, 0.25) is 0 Å². The Balaban J connectivity index is 2.19. The minimum atomic E-state index is -0.539. The van der Waals surface area contributed by atoms with Gasteiger partial charge >= 0.3 is 5.97 Å². The van der Waals surface area contributed by atoms with Crippen LogP contribution in [0, 0.1) is 0 Å². The zero-order valence-electron chi connectivity index (χ0n) is 11.7. The molecule has 0 spiro atoms. The van der Waals surface area contributed by atoms with Gasteiger partial charge in [0.15, 0.2) is 0 Å². The molecule has 0 saturated heterocycles. The van der Waals surface area contributed by atoms with Crippen molar-refractivity contribution in [3.63, 3.8) is 0 Å². The molecule has 0 saturated carbocycles. The fourth-order valence-corrected chi connectivity index (χ4v) is 1.77. The molecule has 0 unspecified atom stereocenters. The summed E-state index contributed by atoms with van der Waals surface area (Å²) < 4.78 is 11.9. The zero-order chi connectivity index (χ0) is 14.7. The van der Waals surface area contributed by atoms with Crippen molar-refractivity contribution in [2.75, 3.05) is 12.8 Å². The number of nitrogen functional groups attached to an aromatic ring is 1. The standard InChI is InChI=1S/C14H17N3O3/c1-9(2)17-13(15)12(8-16-17)14(18)20-11-6-4-5-10(7-11)19-3/h4-9H,15H2,1-3H3. The van der Waals surface area contributed by atoms with Gasteiger partial charge in [-0.2, -0.15) is 5.10 Å². The van der Waals surface area contributed by atoms with Crippen molar-refractivity contribution in [3.8, 4) is 11.5 Å². The van der Waals surface area contributed by atoms with E-state index in [2.05, 4.69) is 5.10 Å². The van der Waals surface area contributed by atoms with Gasteiger partial charge in [-0.1, -0.05) is 6.07 Å². The third-order valence-corrected chi connectivity index (χ3v) is 2.79. The van der Waals surface area contributed by atoms with E-state index in [-0.39, 0.29) is 11.6 Å². The molecule has 2 rings (SSSR count). The van der Waals surface area contributed by atoms with Crippen LogP contribution in [-0.4, -0.2) is 22.9 Å². The molecular weight excluding hydrogens is 258 g/mol. The van der Waals surface area contributed by atoms with Crippen LogP contribution in [0.1, 0.15) is 30.2 Å². The second kappa shape index (κ2) is 5.64. The number of hydrogen-bond acceptors (Lipinski definition) is 5. The normalized spacial score (nSPS) is 10.6. The van der Waals surface area contributed by atoms with Gasteiger partial charge in [-0.3, -0.25) is 0 Å². The first-order chi connectivity index (χ1) is 9.52. The van der Waals surface area contributed by atoms with Gasteiger partial charge in [0.1, 0.15) is 22.9 Å². The Hall–Kier alpha value is -2.50. The average molecular weight is 275 g/mol. The van der Waals surface area contributed by atoms with Gasteiger partial charge in [-0.05, 0) is 26.0 Å². The number of rotatable bonds is 4. The van der Waals surface area contributed by atoms with E-state index in [4.69, 9.17) is 15.2 Å². The van der Waals surface area contributed by atoms with Gasteiger partial charge in [0.25, 0.3) is 0 Å². The first-order valence-electron chi connectivity index (χ1n) is 6.22. The van der Waals surface area contributed by atoms with E-state index in [1.807, 2.05) is 13.8 Å². The van der Waals surface area contributed by atoms with E-state index in [0.29, 0.717) is 17.3 Å². The van der Waals surface area contributed by atoms with Crippen LogP contribution in [0.25, 0.3) is 0 Å². The number of nitrogens with zero attached hydrogens (tertiary/aromatic N) is 2. The molecule has 0 amide bonds. The molecule has 0 atom stereocenters. The largest absolute Gasteiger partial charge is 0.497 e. The van der Waals surface area contributed by atoms with Crippen molar-refractivity contribution in [2.45, 2.75) is 19.9 Å². The summed E-state index contributed by atoms with van der Waals surface area (Å²) in [5.41, 5.74) is 6.14. The van der Waals surface area contributed by atoms with Crippen molar-refractivity contribution in [2.24, 2.45) is 0 Å². The molecule has 6 nitrogen and oxygen atoms in total. The number of aromatic nitrogens is 2. The SMILES string of the molecule is COc1cccc(OC(=O)c2cnn(C(C)C)c2N)c1. The van der Waals surface area contributed by atoms with Crippen LogP contribution in [-0.2, 0) is 0 Å². The Morgan fingerprint density at radius 3 is 2.65 bits per heavy atom. The number of hydrogen-bond donors (Lipinski definition) is 1. The van der Waals surface area contributed by atoms with Crippen LogP contribution in [0.4, 0.5) is 5.82 Å². The topological polar surface area (TPSA) is 79.4 Å². The molecule has 2 N–H and O–H groups in total. The highest BCUT2D eigenvalue weighted by atomic mass is 16.5. The Labute approximate surface area is 117 Å². The molecule has 1 aromatic carbocycles. The highest BCUT2D eigenvalue weighted by Gasteiger charge is 2.18. The summed E-state index contributed by atoms with van der Waals surface area (Å²) in [5.74, 6) is 0.766. The summed E-state index contributed by atoms with van der Waals surface area (Å²) >= 11 is 0. The number of methoxy groups -OCH3 is 1. The van der Waals surface area contributed by atoms with Gasteiger partial charge in [-0.15, -0.1) is 0 Å². The van der Waals surface area contributed by atoms with E-state index in [1.165, 1.54) is 6.20 Å². The number of ether oxygens (including phenoxy) is 2. The first kappa shape index (κ1) is 13.9. The summed E-state index contributed by atoms with van der Waals surface area (Å²) in [6.45, 7) is 3.86. The highest BCUT2D eigenvalue weighted by molar-refractivity contribution is 5.95. The van der Waals surface area contributed by atoms with Crippen LogP contribution < -0.4 is 15.2 Å². The second-order valence-corrected chi connectivity index (χ2v) is 4.55. The van der Waals surface area contributed by atoms with Crippen LogP contribution in [0.3, 0.4) is 0 Å². The first-order valence-corrected chi connectivity index (χ1v) is 6.22. The van der Waals surface area contributed by atoms with Crippen LogP contribution in [0.5, 0.6) is 11.5 Å². The second-order valence-electron chi connectivity index (χ2n) is 4.55. The van der Waals surface area contributed by atoms with E-state index < -0.39 is 5.97 Å². The molecule has 106 valence electrons. The predicted octanol–water partition coefficient (Wildman–Crippen LogP) is 2.27. The van der Waals surface area contributed by atoms with E-state index in [0.717, 1.165) is 0 Å². The highest BCUT2D eigenvalue weighted by Crippen LogP contribution is 2.22. The van der Waals surface area contributed by atoms with Gasteiger partial charge in [-0.25, -0.2) is 9.48 Å². The lowest BCUT2D eigenvalue weighted by molar-refractivity contribution is 0.0735. The molecule has 0 radical (unpaired) electrons. The van der Waals surface area contributed by atoms with Crippen molar-refractivity contribution >= 4 is 11.8 Å². The number of carbonyl (C=O) groups excluding carboxylic acids is 1. The average Bonchev–Trinajstić information content (AvgIpc) is 2.81. The fraction of sp³-hybridized carbons (Fsp3) is 0.286. The van der Waals surface area contributed by atoms with Crippen molar-refractivity contribution in [3.05, 3.63) is 36.0 Å². The molecule has 0 aliphatic carbocycles. The zero-order valence-corrected chi connectivity index (χ0v) is 11.7. The molecule has 2 aromatic rings. The number of carbonyl (C=O) groups is 1. The minimum absolute atomic E-state index is 0.0772. The Morgan fingerprint density at radius 2 is 2.05 bits per heavy atom. The number of nitrogens with two attached hydrogens (primary N) is 1. The lowest BCUT2D eigenvalue weighted by atomic mass is 10.3. The number of benzene rings is 1. The van der Waals surface area contributed by atoms with Crippen LogP contribution in [0.15, 0.2) is 30.5 Å². The smallest absolute Gasteiger partial charge is 0.348 e. The third kappa shape index (κ3) is 2.74. The lowest BCUT2D eigenvalue weighted by Gasteiger charge is -2.08. The molecule has 0 fully saturated rings. The van der Waals surface area contributed by atoms with Gasteiger partial charge in [0.2, 0.25) is 0 Å². The fourth-order valence-electron chi connectivity index (χ4n) is 1.77. The summed E-state index contributed by atoms with van der Waals surface area (Å²) in [7, 11) is 1.55. The summed E-state index contributed by atoms with van der Waals surface area (Å²) in [6, 6.07) is 6.88. The Kier molecular flexibility index (Phi) is 3.93. The lowest BCUT2D eigenvalue weighted by Crippen LogP contribution is -2.13. The van der Waals surface area contributed by atoms with Gasteiger partial charge in [0.05, 0.1) is 13.3 Å². The van der Waals surface area contributed by atoms with E-state index in [1.54, 1.807) is 36.1 Å². The Bertz CT molecular complexity index is 620. The van der Waals surface area contributed by atoms with Crippen molar-refractivity contribution in [1.82, 2.24) is 9.78 Å². The molecule has 1 heterocycles. The monoisotopic (exact) mass is 275 g/mol. The summed E-state index contributed by atoms with van der Waals surface area (Å²) in [4.78, 5) is 12.1. The maximum absolute atomic E-state index is 12.1. The van der Waals surface area contributed by atoms with Crippen molar-refractivity contribution in [1.29, 1.82) is 0 Å². The summed E-state index contributed by atoms with van der Waals surface area (Å²) in [6.07, 6.45) is 1.41. The number of anilines is 1.